The molecule has 0 fully saturated rings. The number of aryl methyl sites for hydroxylation is 1. The summed E-state index contributed by atoms with van der Waals surface area (Å²) < 4.78 is 12.2. The summed E-state index contributed by atoms with van der Waals surface area (Å²) in [6.07, 6.45) is 0. The fourth-order valence-electron chi connectivity index (χ4n) is 0.547. The Morgan fingerprint density at radius 2 is 2.33 bits per heavy atom. The van der Waals surface area contributed by atoms with Gasteiger partial charge in [-0.2, -0.15) is 0 Å². The molecule has 1 aromatic rings. The van der Waals surface area contributed by atoms with Gasteiger partial charge in [0, 0.05) is 11.1 Å². The van der Waals surface area contributed by atoms with Crippen LogP contribution in [-0.2, 0) is 0 Å². The van der Waals surface area contributed by atoms with Crippen LogP contribution < -0.4 is 0 Å². The number of rotatable bonds is 0. The number of hydrogen-bond acceptors (Lipinski definition) is 0. The van der Waals surface area contributed by atoms with Crippen molar-refractivity contribution in [3.63, 3.8) is 0 Å². The van der Waals surface area contributed by atoms with Gasteiger partial charge in [0.25, 0.3) is 0 Å². The minimum atomic E-state index is -0.364. The molecule has 1 aromatic carbocycles. The van der Waals surface area contributed by atoms with E-state index in [-0.39, 0.29) is 5.82 Å². The van der Waals surface area contributed by atoms with Crippen LogP contribution in [0.3, 0.4) is 0 Å². The second-order valence-corrected chi connectivity index (χ2v) is 2.22. The van der Waals surface area contributed by atoms with E-state index in [0.29, 0.717) is 5.02 Å². The Balaban J connectivity index is 3.17. The highest BCUT2D eigenvalue weighted by Crippen LogP contribution is 2.14. The van der Waals surface area contributed by atoms with Crippen LogP contribution in [0.1, 0.15) is 5.56 Å². The van der Waals surface area contributed by atoms with Crippen LogP contribution >= 0.6 is 11.6 Å². The van der Waals surface area contributed by atoms with Crippen molar-refractivity contribution in [3.05, 3.63) is 34.6 Å². The van der Waals surface area contributed by atoms with Crippen LogP contribution in [0.5, 0.6) is 0 Å². The molecule has 0 saturated heterocycles. The molecule has 0 aliphatic rings. The topological polar surface area (TPSA) is 0 Å². The van der Waals surface area contributed by atoms with Crippen molar-refractivity contribution in [1.82, 2.24) is 0 Å². The van der Waals surface area contributed by atoms with Gasteiger partial charge in [0.05, 0.1) is 0 Å². The zero-order valence-electron chi connectivity index (χ0n) is 4.91. The predicted octanol–water partition coefficient (Wildman–Crippen LogP) is 2.59. The molecule has 1 rings (SSSR count). The highest BCUT2D eigenvalue weighted by atomic mass is 35.5. The van der Waals surface area contributed by atoms with Crippen molar-refractivity contribution in [2.75, 3.05) is 0 Å². The molecular weight excluding hydrogens is 139 g/mol. The minimum absolute atomic E-state index is 0.364. The highest BCUT2D eigenvalue weighted by molar-refractivity contribution is 6.31. The lowest BCUT2D eigenvalue weighted by molar-refractivity contribution is 0.624. The summed E-state index contributed by atoms with van der Waals surface area (Å²) in [5.74, 6) is -0.364. The smallest absolute Gasteiger partial charge is 0.131 e. The van der Waals surface area contributed by atoms with Crippen molar-refractivity contribution in [1.29, 1.82) is 0 Å². The van der Waals surface area contributed by atoms with Crippen LogP contribution in [0, 0.1) is 18.8 Å². The maximum absolute atomic E-state index is 12.2. The van der Waals surface area contributed by atoms with E-state index in [9.17, 15) is 4.39 Å². The maximum atomic E-state index is 12.2. The molecule has 47 valence electrons. The first-order chi connectivity index (χ1) is 4.20. The molecule has 0 aliphatic carbocycles. The van der Waals surface area contributed by atoms with Gasteiger partial charge in [-0.1, -0.05) is 11.6 Å². The highest BCUT2D eigenvalue weighted by Gasteiger charge is 1.94. The van der Waals surface area contributed by atoms with Gasteiger partial charge < -0.3 is 0 Å². The van der Waals surface area contributed by atoms with E-state index >= 15 is 0 Å². The summed E-state index contributed by atoms with van der Waals surface area (Å²) in [6, 6.07) is 5.11. The van der Waals surface area contributed by atoms with Crippen LogP contribution in [0.15, 0.2) is 12.1 Å². The number of halogens is 2. The Hall–Kier alpha value is -0.560. The van der Waals surface area contributed by atoms with E-state index < -0.39 is 0 Å². The fraction of sp³-hybridized carbons (Fsp3) is 0.143. The molecular formula is C7H5ClF. The van der Waals surface area contributed by atoms with Gasteiger partial charge in [0.15, 0.2) is 0 Å². The van der Waals surface area contributed by atoms with E-state index in [4.69, 9.17) is 11.6 Å². The molecule has 0 aliphatic heterocycles. The Labute approximate surface area is 58.3 Å². The Bertz CT molecular complexity index is 220. The van der Waals surface area contributed by atoms with E-state index in [1.807, 2.05) is 0 Å². The molecule has 0 amide bonds. The average Bonchev–Trinajstić information content (AvgIpc) is 1.80. The molecule has 1 radical (unpaired) electrons. The van der Waals surface area contributed by atoms with E-state index in [1.165, 1.54) is 12.1 Å². The van der Waals surface area contributed by atoms with Crippen molar-refractivity contribution in [2.45, 2.75) is 6.92 Å². The monoisotopic (exact) mass is 143 g/mol. The van der Waals surface area contributed by atoms with Gasteiger partial charge in [-0.3, -0.25) is 0 Å². The molecule has 0 atom stereocenters. The lowest BCUT2D eigenvalue weighted by Crippen LogP contribution is -1.77. The van der Waals surface area contributed by atoms with Gasteiger partial charge >= 0.3 is 0 Å². The van der Waals surface area contributed by atoms with Gasteiger partial charge in [0.1, 0.15) is 5.82 Å². The largest absolute Gasteiger partial charge is 0.206 e. The zero-order valence-corrected chi connectivity index (χ0v) is 5.67. The summed E-state index contributed by atoms with van der Waals surface area (Å²) in [5.41, 5.74) is 0.743. The quantitative estimate of drug-likeness (QED) is 0.524. The summed E-state index contributed by atoms with van der Waals surface area (Å²) in [4.78, 5) is 0. The van der Waals surface area contributed by atoms with Crippen molar-refractivity contribution < 1.29 is 4.39 Å². The Morgan fingerprint density at radius 3 is 2.78 bits per heavy atom. The normalized spacial score (nSPS) is 9.67. The molecule has 2 heteroatoms. The molecule has 0 N–H and O–H groups in total. The van der Waals surface area contributed by atoms with Crippen LogP contribution in [0.25, 0.3) is 0 Å². The second-order valence-electron chi connectivity index (χ2n) is 1.81. The van der Waals surface area contributed by atoms with Crippen molar-refractivity contribution in [2.24, 2.45) is 0 Å². The Morgan fingerprint density at radius 1 is 1.67 bits per heavy atom. The van der Waals surface area contributed by atoms with Crippen LogP contribution in [-0.4, -0.2) is 0 Å². The third-order valence-electron chi connectivity index (χ3n) is 1.06. The molecule has 9 heavy (non-hydrogen) atoms. The average molecular weight is 144 g/mol. The fourth-order valence-corrected chi connectivity index (χ4v) is 0.656. The molecule has 0 aromatic heterocycles. The summed E-state index contributed by atoms with van der Waals surface area (Å²) >= 11 is 5.58. The predicted molar refractivity (Wildman–Crippen MR) is 35.0 cm³/mol. The standard InChI is InChI=1S/C7H5ClF/c1-5-4-6(9)2-3-7(5)8/h3-4H,1H3. The van der Waals surface area contributed by atoms with E-state index in [1.54, 1.807) is 6.92 Å². The summed E-state index contributed by atoms with van der Waals surface area (Å²) in [7, 11) is 0. The van der Waals surface area contributed by atoms with Gasteiger partial charge in [-0.05, 0) is 24.6 Å². The maximum Gasteiger partial charge on any atom is 0.131 e. The van der Waals surface area contributed by atoms with E-state index in [2.05, 4.69) is 6.07 Å². The lowest BCUT2D eigenvalue weighted by Gasteiger charge is -1.93. The van der Waals surface area contributed by atoms with Gasteiger partial charge in [-0.25, -0.2) is 4.39 Å². The molecule has 0 heterocycles. The summed E-state index contributed by atoms with van der Waals surface area (Å²) in [5, 5.41) is 0.552. The van der Waals surface area contributed by atoms with Crippen molar-refractivity contribution in [3.8, 4) is 0 Å². The van der Waals surface area contributed by atoms with Crippen LogP contribution in [0.2, 0.25) is 5.02 Å². The molecule has 0 spiro atoms. The third-order valence-corrected chi connectivity index (χ3v) is 1.46. The summed E-state index contributed by atoms with van der Waals surface area (Å²) in [6.45, 7) is 1.75. The van der Waals surface area contributed by atoms with Gasteiger partial charge in [0.2, 0.25) is 0 Å². The first-order valence-corrected chi connectivity index (χ1v) is 2.91. The molecule has 0 bridgehead atoms. The van der Waals surface area contributed by atoms with Gasteiger partial charge in [-0.15, -0.1) is 0 Å². The Kier molecular flexibility index (Phi) is 1.72. The first-order valence-electron chi connectivity index (χ1n) is 2.53. The first kappa shape index (κ1) is 6.56. The van der Waals surface area contributed by atoms with E-state index in [0.717, 1.165) is 5.56 Å². The number of hydrogen-bond donors (Lipinski definition) is 0. The zero-order chi connectivity index (χ0) is 6.85. The SMILES string of the molecule is Cc1cc(F)[c]cc1Cl. The second kappa shape index (κ2) is 2.36. The molecule has 0 unspecified atom stereocenters. The van der Waals surface area contributed by atoms with Crippen LogP contribution in [0.4, 0.5) is 4.39 Å². The number of benzene rings is 1. The minimum Gasteiger partial charge on any atom is -0.206 e. The third kappa shape index (κ3) is 1.42. The van der Waals surface area contributed by atoms with Crippen molar-refractivity contribution >= 4 is 11.6 Å². The molecule has 0 nitrogen and oxygen atoms in total. The lowest BCUT2D eigenvalue weighted by atomic mass is 10.2. The molecule has 0 saturated carbocycles.